The number of amides is 2. The zero-order valence-corrected chi connectivity index (χ0v) is 22.2. The predicted molar refractivity (Wildman–Crippen MR) is 149 cm³/mol. The first-order chi connectivity index (χ1) is 18.3. The minimum absolute atomic E-state index is 0.0000793. The molecule has 0 bridgehead atoms. The van der Waals surface area contributed by atoms with Gasteiger partial charge >= 0.3 is 6.03 Å². The lowest BCUT2D eigenvalue weighted by molar-refractivity contribution is 0.102. The average molecular weight is 549 g/mol. The van der Waals surface area contributed by atoms with Gasteiger partial charge in [0.15, 0.2) is 0 Å². The molecule has 1 fully saturated rings. The van der Waals surface area contributed by atoms with E-state index in [0.717, 1.165) is 36.1 Å². The summed E-state index contributed by atoms with van der Waals surface area (Å²) < 4.78 is 1.37. The fourth-order valence-corrected chi connectivity index (χ4v) is 4.75. The second-order valence-electron chi connectivity index (χ2n) is 9.40. The van der Waals surface area contributed by atoms with Crippen LogP contribution in [0.5, 0.6) is 5.75 Å². The number of nitrogens with zero attached hydrogens (tertiary/aromatic N) is 2. The molecule has 0 aliphatic heterocycles. The highest BCUT2D eigenvalue weighted by Crippen LogP contribution is 2.39. The van der Waals surface area contributed by atoms with E-state index in [1.807, 2.05) is 31.2 Å². The number of aryl methyl sites for hydroxylation is 1. The van der Waals surface area contributed by atoms with E-state index >= 15 is 0 Å². The van der Waals surface area contributed by atoms with Crippen molar-refractivity contribution in [1.29, 1.82) is 0 Å². The van der Waals surface area contributed by atoms with Crippen molar-refractivity contribution in [3.05, 3.63) is 99.2 Å². The van der Waals surface area contributed by atoms with Gasteiger partial charge in [0.05, 0.1) is 21.4 Å². The van der Waals surface area contributed by atoms with E-state index in [1.54, 1.807) is 36.4 Å². The summed E-state index contributed by atoms with van der Waals surface area (Å²) >= 11 is 12.1. The van der Waals surface area contributed by atoms with Gasteiger partial charge in [0, 0.05) is 29.3 Å². The molecule has 1 aromatic heterocycles. The van der Waals surface area contributed by atoms with Crippen molar-refractivity contribution >= 4 is 40.8 Å². The molecule has 1 aliphatic carbocycles. The second kappa shape index (κ2) is 10.9. The van der Waals surface area contributed by atoms with Crippen molar-refractivity contribution in [2.45, 2.75) is 38.6 Å². The van der Waals surface area contributed by atoms with E-state index in [1.165, 1.54) is 10.7 Å². The molecule has 7 nitrogen and oxygen atoms in total. The Morgan fingerprint density at radius 3 is 2.53 bits per heavy atom. The molecule has 1 heterocycles. The maximum atomic E-state index is 13.2. The molecule has 0 radical (unpaired) electrons. The van der Waals surface area contributed by atoms with Crippen molar-refractivity contribution in [2.24, 2.45) is 0 Å². The highest BCUT2D eigenvalue weighted by molar-refractivity contribution is 6.42. The summed E-state index contributed by atoms with van der Waals surface area (Å²) in [5.41, 5.74) is 4.39. The van der Waals surface area contributed by atoms with Gasteiger partial charge in [-0.05, 0) is 73.4 Å². The van der Waals surface area contributed by atoms with Crippen molar-refractivity contribution in [3.8, 4) is 17.0 Å². The molecule has 0 saturated heterocycles. The average Bonchev–Trinajstić information content (AvgIpc) is 3.29. The molecule has 194 valence electrons. The van der Waals surface area contributed by atoms with Crippen molar-refractivity contribution in [2.75, 3.05) is 5.32 Å². The molecule has 4 aromatic rings. The van der Waals surface area contributed by atoms with Crippen LogP contribution in [0.2, 0.25) is 10.0 Å². The Bertz CT molecular complexity index is 1530. The summed E-state index contributed by atoms with van der Waals surface area (Å²) in [6, 6.07) is 18.8. The number of phenols is 1. The molecule has 0 spiro atoms. The number of aromatic hydroxyl groups is 1. The van der Waals surface area contributed by atoms with Gasteiger partial charge < -0.3 is 15.7 Å². The summed E-state index contributed by atoms with van der Waals surface area (Å²) in [4.78, 5) is 26.0. The Morgan fingerprint density at radius 2 is 1.82 bits per heavy atom. The molecule has 0 atom stereocenters. The lowest BCUT2D eigenvalue weighted by atomic mass is 9.82. The summed E-state index contributed by atoms with van der Waals surface area (Å²) in [6.45, 7) is 2.12. The molecule has 3 aromatic carbocycles. The first-order valence-corrected chi connectivity index (χ1v) is 13.1. The first kappa shape index (κ1) is 25.8. The largest absolute Gasteiger partial charge is 0.507 e. The molecule has 2 amide bonds. The molecule has 9 heteroatoms. The van der Waals surface area contributed by atoms with Crippen LogP contribution in [0.3, 0.4) is 0 Å². The number of hydrogen-bond acceptors (Lipinski definition) is 4. The van der Waals surface area contributed by atoms with Crippen LogP contribution in [0, 0.1) is 6.92 Å². The van der Waals surface area contributed by atoms with Crippen LogP contribution < -0.4 is 10.6 Å². The molecule has 3 N–H and O–H groups in total. The molecule has 1 aliphatic rings. The molecule has 1 saturated carbocycles. The third-order valence-corrected chi connectivity index (χ3v) is 7.54. The van der Waals surface area contributed by atoms with Crippen LogP contribution in [-0.4, -0.2) is 26.8 Å². The molecule has 38 heavy (non-hydrogen) atoms. The molecule has 5 rings (SSSR count). The van der Waals surface area contributed by atoms with Crippen LogP contribution in [0.1, 0.15) is 52.4 Å². The number of rotatable bonds is 6. The number of anilines is 1. The lowest BCUT2D eigenvalue weighted by Gasteiger charge is -2.25. The van der Waals surface area contributed by atoms with Crippen molar-refractivity contribution < 1.29 is 14.7 Å². The molecular formula is C29H26Cl2N4O3. The van der Waals surface area contributed by atoms with Gasteiger partial charge in [-0.25, -0.2) is 4.79 Å². The van der Waals surface area contributed by atoms with Crippen molar-refractivity contribution in [1.82, 2.24) is 15.1 Å². The molecular weight excluding hydrogens is 523 g/mol. The van der Waals surface area contributed by atoms with Gasteiger partial charge in [-0.3, -0.25) is 4.79 Å². The van der Waals surface area contributed by atoms with E-state index in [-0.39, 0.29) is 30.2 Å². The van der Waals surface area contributed by atoms with E-state index in [2.05, 4.69) is 15.7 Å². The minimum Gasteiger partial charge on any atom is -0.507 e. The SMILES string of the molecule is Cc1ccccc1C(=O)Nc1ccc(O)c(-c2cc(C3CCC3)n(C(=O)NCc3ccc(Cl)c(Cl)c3)n2)c1. The van der Waals surface area contributed by atoms with Gasteiger partial charge in [0.2, 0.25) is 0 Å². The number of carbonyl (C=O) groups is 2. The minimum atomic E-state index is -0.382. The van der Waals surface area contributed by atoms with Gasteiger partial charge in [-0.1, -0.05) is 53.9 Å². The van der Waals surface area contributed by atoms with Gasteiger partial charge in [0.25, 0.3) is 5.91 Å². The fraction of sp³-hybridized carbons (Fsp3) is 0.207. The smallest absolute Gasteiger partial charge is 0.342 e. The zero-order chi connectivity index (χ0) is 26.8. The van der Waals surface area contributed by atoms with Crippen molar-refractivity contribution in [3.63, 3.8) is 0 Å². The number of hydrogen-bond donors (Lipinski definition) is 3. The number of benzene rings is 3. The fourth-order valence-electron chi connectivity index (χ4n) is 4.43. The second-order valence-corrected chi connectivity index (χ2v) is 10.2. The molecule has 0 unspecified atom stereocenters. The van der Waals surface area contributed by atoms with Crippen LogP contribution >= 0.6 is 23.2 Å². The van der Waals surface area contributed by atoms with E-state index < -0.39 is 0 Å². The summed E-state index contributed by atoms with van der Waals surface area (Å²) in [6.07, 6.45) is 3.01. The highest BCUT2D eigenvalue weighted by Gasteiger charge is 2.27. The van der Waals surface area contributed by atoms with E-state index in [4.69, 9.17) is 23.2 Å². The van der Waals surface area contributed by atoms with Gasteiger partial charge in [-0.15, -0.1) is 0 Å². The number of nitrogens with one attached hydrogen (secondary N) is 2. The maximum Gasteiger partial charge on any atom is 0.342 e. The highest BCUT2D eigenvalue weighted by atomic mass is 35.5. The standard InChI is InChI=1S/C29H26Cl2N4O3/c1-17-5-2-3-8-21(17)28(37)33-20-10-12-27(36)22(14-20)25-15-26(19-6-4-7-19)35(34-25)29(38)32-16-18-9-11-23(30)24(31)13-18/h2-3,5,8-15,19,36H,4,6-7,16H2,1H3,(H,32,38)(H,33,37). The Kier molecular flexibility index (Phi) is 7.40. The third-order valence-electron chi connectivity index (χ3n) is 6.80. The Morgan fingerprint density at radius 1 is 1.03 bits per heavy atom. The number of phenolic OH excluding ortho intramolecular Hbond substituents is 1. The summed E-state index contributed by atoms with van der Waals surface area (Å²) in [5.74, 6) is -0.0416. The summed E-state index contributed by atoms with van der Waals surface area (Å²) in [5, 5.41) is 21.9. The third kappa shape index (κ3) is 5.39. The topological polar surface area (TPSA) is 96.2 Å². The van der Waals surface area contributed by atoms with Crippen LogP contribution in [0.25, 0.3) is 11.3 Å². The van der Waals surface area contributed by atoms with E-state index in [0.29, 0.717) is 32.6 Å². The van der Waals surface area contributed by atoms with Crippen LogP contribution in [-0.2, 0) is 6.54 Å². The Balaban J connectivity index is 1.40. The zero-order valence-electron chi connectivity index (χ0n) is 20.7. The predicted octanol–water partition coefficient (Wildman–Crippen LogP) is 7.15. The first-order valence-electron chi connectivity index (χ1n) is 12.3. The normalized spacial score (nSPS) is 13.1. The maximum absolute atomic E-state index is 13.2. The lowest BCUT2D eigenvalue weighted by Crippen LogP contribution is -2.31. The summed E-state index contributed by atoms with van der Waals surface area (Å²) in [7, 11) is 0. The van der Waals surface area contributed by atoms with E-state index in [9.17, 15) is 14.7 Å². The van der Waals surface area contributed by atoms with Gasteiger partial charge in [0.1, 0.15) is 5.75 Å². The Labute approximate surface area is 230 Å². The quantitative estimate of drug-likeness (QED) is 0.223. The number of carbonyl (C=O) groups excluding carboxylic acids is 2. The number of halogens is 2. The van der Waals surface area contributed by atoms with Gasteiger partial charge in [-0.2, -0.15) is 9.78 Å². The van der Waals surface area contributed by atoms with Crippen LogP contribution in [0.15, 0.2) is 66.7 Å². The van der Waals surface area contributed by atoms with Crippen LogP contribution in [0.4, 0.5) is 10.5 Å². The Hall–Kier alpha value is -3.81. The monoisotopic (exact) mass is 548 g/mol. The number of aromatic nitrogens is 2.